The minimum absolute atomic E-state index is 0.592. The zero-order valence-electron chi connectivity index (χ0n) is 11.5. The number of rotatable bonds is 4. The average molecular weight is 265 g/mol. The molecule has 3 nitrogen and oxygen atoms in total. The van der Waals surface area contributed by atoms with E-state index in [9.17, 15) is 5.26 Å². The van der Waals surface area contributed by atoms with E-state index in [4.69, 9.17) is 9.47 Å². The number of benzene rings is 2. The first-order valence-electron chi connectivity index (χ1n) is 6.17. The molecule has 0 aliphatic rings. The molecule has 2 aromatic rings. The van der Waals surface area contributed by atoms with Crippen molar-refractivity contribution >= 4 is 11.6 Å². The third kappa shape index (κ3) is 3.18. The van der Waals surface area contributed by atoms with Gasteiger partial charge in [0.15, 0.2) is 0 Å². The van der Waals surface area contributed by atoms with Crippen LogP contribution in [-0.4, -0.2) is 14.2 Å². The molecule has 100 valence electrons. The maximum atomic E-state index is 9.32. The Balaban J connectivity index is 2.35. The first kappa shape index (κ1) is 13.7. The van der Waals surface area contributed by atoms with Crippen LogP contribution in [0, 0.1) is 11.3 Å². The molecule has 0 heterocycles. The summed E-state index contributed by atoms with van der Waals surface area (Å²) in [5.41, 5.74) is 2.38. The molecule has 0 N–H and O–H groups in total. The number of hydrogen-bond acceptors (Lipinski definition) is 3. The number of methoxy groups -OCH3 is 2. The lowest BCUT2D eigenvalue weighted by atomic mass is 10.0. The quantitative estimate of drug-likeness (QED) is 0.624. The SMILES string of the molecule is COc1ccc(/C=C(\C#N)c2cccc(OC)c2)cc1. The molecule has 0 unspecified atom stereocenters. The van der Waals surface area contributed by atoms with Gasteiger partial charge in [-0.1, -0.05) is 24.3 Å². The molecule has 0 saturated carbocycles. The molecule has 0 atom stereocenters. The fraction of sp³-hybridized carbons (Fsp3) is 0.118. The molecule has 3 heteroatoms. The summed E-state index contributed by atoms with van der Waals surface area (Å²) in [5, 5.41) is 9.32. The molecule has 0 amide bonds. The zero-order chi connectivity index (χ0) is 14.4. The normalized spacial score (nSPS) is 10.8. The Hall–Kier alpha value is -2.73. The van der Waals surface area contributed by atoms with Gasteiger partial charge in [-0.3, -0.25) is 0 Å². The van der Waals surface area contributed by atoms with Crippen molar-refractivity contribution in [3.63, 3.8) is 0 Å². The molecule has 20 heavy (non-hydrogen) atoms. The van der Waals surface area contributed by atoms with E-state index in [1.165, 1.54) is 0 Å². The Labute approximate surface area is 118 Å². The lowest BCUT2D eigenvalue weighted by Crippen LogP contribution is -1.86. The Morgan fingerprint density at radius 2 is 1.70 bits per heavy atom. The molecular formula is C17H15NO2. The number of nitrogens with zero attached hydrogens (tertiary/aromatic N) is 1. The minimum Gasteiger partial charge on any atom is -0.497 e. The van der Waals surface area contributed by atoms with Gasteiger partial charge in [-0.15, -0.1) is 0 Å². The highest BCUT2D eigenvalue weighted by Crippen LogP contribution is 2.22. The van der Waals surface area contributed by atoms with Crippen LogP contribution in [0.3, 0.4) is 0 Å². The monoisotopic (exact) mass is 265 g/mol. The predicted octanol–water partition coefficient (Wildman–Crippen LogP) is 3.77. The Kier molecular flexibility index (Phi) is 4.41. The molecule has 0 aromatic heterocycles. The van der Waals surface area contributed by atoms with Crippen LogP contribution in [0.4, 0.5) is 0 Å². The summed E-state index contributed by atoms with van der Waals surface area (Å²) in [5.74, 6) is 1.53. The summed E-state index contributed by atoms with van der Waals surface area (Å²) < 4.78 is 10.3. The number of allylic oxidation sites excluding steroid dienone is 1. The fourth-order valence-corrected chi connectivity index (χ4v) is 1.84. The zero-order valence-corrected chi connectivity index (χ0v) is 11.5. The van der Waals surface area contributed by atoms with Crippen molar-refractivity contribution in [1.82, 2.24) is 0 Å². The van der Waals surface area contributed by atoms with Crippen LogP contribution in [0.2, 0.25) is 0 Å². The average Bonchev–Trinajstić information content (AvgIpc) is 2.53. The van der Waals surface area contributed by atoms with Crippen molar-refractivity contribution in [2.24, 2.45) is 0 Å². The summed E-state index contributed by atoms with van der Waals surface area (Å²) in [6.07, 6.45) is 1.84. The maximum absolute atomic E-state index is 9.32. The van der Waals surface area contributed by atoms with Gasteiger partial charge in [0, 0.05) is 0 Å². The minimum atomic E-state index is 0.592. The molecule has 0 fully saturated rings. The van der Waals surface area contributed by atoms with Crippen LogP contribution in [0.5, 0.6) is 11.5 Å². The fourth-order valence-electron chi connectivity index (χ4n) is 1.84. The van der Waals surface area contributed by atoms with Gasteiger partial charge in [-0.25, -0.2) is 0 Å². The van der Waals surface area contributed by atoms with E-state index in [0.29, 0.717) is 5.57 Å². The topological polar surface area (TPSA) is 42.2 Å². The second-order valence-electron chi connectivity index (χ2n) is 4.17. The van der Waals surface area contributed by atoms with Crippen molar-refractivity contribution in [3.05, 3.63) is 59.7 Å². The van der Waals surface area contributed by atoms with Crippen molar-refractivity contribution in [2.75, 3.05) is 14.2 Å². The smallest absolute Gasteiger partial charge is 0.119 e. The summed E-state index contributed by atoms with van der Waals surface area (Å²) in [4.78, 5) is 0. The lowest BCUT2D eigenvalue weighted by Gasteiger charge is -2.04. The third-order valence-electron chi connectivity index (χ3n) is 2.93. The standard InChI is InChI=1S/C17H15NO2/c1-19-16-8-6-13(7-9-16)10-15(12-18)14-4-3-5-17(11-14)20-2/h3-11H,1-2H3/b15-10+. The molecule has 0 saturated heterocycles. The van der Waals surface area contributed by atoms with E-state index in [0.717, 1.165) is 22.6 Å². The highest BCUT2D eigenvalue weighted by molar-refractivity contribution is 5.89. The summed E-state index contributed by atoms with van der Waals surface area (Å²) in [6, 6.07) is 17.2. The van der Waals surface area contributed by atoms with Crippen LogP contribution in [0.1, 0.15) is 11.1 Å². The first-order valence-corrected chi connectivity index (χ1v) is 6.17. The summed E-state index contributed by atoms with van der Waals surface area (Å²) >= 11 is 0. The van der Waals surface area contributed by atoms with E-state index in [1.807, 2.05) is 54.6 Å². The second kappa shape index (κ2) is 6.44. The van der Waals surface area contributed by atoms with Gasteiger partial charge in [-0.05, 0) is 41.5 Å². The molecule has 2 rings (SSSR count). The van der Waals surface area contributed by atoms with Crippen LogP contribution in [-0.2, 0) is 0 Å². The molecular weight excluding hydrogens is 250 g/mol. The Morgan fingerprint density at radius 3 is 2.30 bits per heavy atom. The van der Waals surface area contributed by atoms with E-state index in [1.54, 1.807) is 14.2 Å². The number of hydrogen-bond donors (Lipinski definition) is 0. The summed E-state index contributed by atoms with van der Waals surface area (Å²) in [6.45, 7) is 0. The van der Waals surface area contributed by atoms with E-state index in [2.05, 4.69) is 6.07 Å². The number of ether oxygens (including phenoxy) is 2. The van der Waals surface area contributed by atoms with E-state index >= 15 is 0 Å². The van der Waals surface area contributed by atoms with Crippen LogP contribution < -0.4 is 9.47 Å². The van der Waals surface area contributed by atoms with Gasteiger partial charge in [0.25, 0.3) is 0 Å². The predicted molar refractivity (Wildman–Crippen MR) is 79.5 cm³/mol. The summed E-state index contributed by atoms with van der Waals surface area (Å²) in [7, 11) is 3.24. The van der Waals surface area contributed by atoms with Gasteiger partial charge >= 0.3 is 0 Å². The van der Waals surface area contributed by atoms with Crippen molar-refractivity contribution in [1.29, 1.82) is 5.26 Å². The second-order valence-corrected chi connectivity index (χ2v) is 4.17. The van der Waals surface area contributed by atoms with Crippen molar-refractivity contribution < 1.29 is 9.47 Å². The molecule has 0 spiro atoms. The Bertz CT molecular complexity index is 651. The lowest BCUT2D eigenvalue weighted by molar-refractivity contribution is 0.414. The molecule has 2 aromatic carbocycles. The van der Waals surface area contributed by atoms with E-state index < -0.39 is 0 Å². The molecule has 0 aliphatic heterocycles. The van der Waals surface area contributed by atoms with Gasteiger partial charge in [0.1, 0.15) is 11.5 Å². The first-order chi connectivity index (χ1) is 9.76. The molecule has 0 radical (unpaired) electrons. The largest absolute Gasteiger partial charge is 0.497 e. The molecule has 0 aliphatic carbocycles. The van der Waals surface area contributed by atoms with Crippen LogP contribution in [0.25, 0.3) is 11.6 Å². The van der Waals surface area contributed by atoms with Gasteiger partial charge in [0.2, 0.25) is 0 Å². The maximum Gasteiger partial charge on any atom is 0.119 e. The van der Waals surface area contributed by atoms with Gasteiger partial charge < -0.3 is 9.47 Å². The van der Waals surface area contributed by atoms with Gasteiger partial charge in [0.05, 0.1) is 25.9 Å². The van der Waals surface area contributed by atoms with Crippen molar-refractivity contribution in [3.8, 4) is 17.6 Å². The Morgan fingerprint density at radius 1 is 1.00 bits per heavy atom. The van der Waals surface area contributed by atoms with Gasteiger partial charge in [-0.2, -0.15) is 5.26 Å². The third-order valence-corrected chi connectivity index (χ3v) is 2.93. The van der Waals surface area contributed by atoms with E-state index in [-0.39, 0.29) is 0 Å². The van der Waals surface area contributed by atoms with Crippen LogP contribution >= 0.6 is 0 Å². The van der Waals surface area contributed by atoms with Crippen LogP contribution in [0.15, 0.2) is 48.5 Å². The molecule has 0 bridgehead atoms. The highest BCUT2D eigenvalue weighted by atomic mass is 16.5. The number of nitriles is 1. The van der Waals surface area contributed by atoms with Crippen molar-refractivity contribution in [2.45, 2.75) is 0 Å². The highest BCUT2D eigenvalue weighted by Gasteiger charge is 2.03.